The van der Waals surface area contributed by atoms with Gasteiger partial charge in [0.2, 0.25) is 0 Å². The maximum absolute atomic E-state index is 12.8. The summed E-state index contributed by atoms with van der Waals surface area (Å²) in [5.74, 6) is -1.36. The first-order chi connectivity index (χ1) is 9.60. The first-order valence-corrected chi connectivity index (χ1v) is 5.81. The fourth-order valence-corrected chi connectivity index (χ4v) is 1.70. The van der Waals surface area contributed by atoms with Crippen LogP contribution in [-0.2, 0) is 0 Å². The van der Waals surface area contributed by atoms with Crippen LogP contribution in [0.3, 0.4) is 0 Å². The molecule has 0 spiro atoms. The van der Waals surface area contributed by atoms with Crippen molar-refractivity contribution in [2.24, 2.45) is 0 Å². The number of carboxylic acid groups (broad SMARTS) is 1. The molecule has 2 aromatic rings. The van der Waals surface area contributed by atoms with E-state index in [1.165, 1.54) is 36.4 Å². The zero-order valence-corrected chi connectivity index (χ0v) is 10.4. The first-order valence-electron chi connectivity index (χ1n) is 5.81. The predicted octanol–water partition coefficient (Wildman–Crippen LogP) is 3.59. The number of aromatic carboxylic acids is 1. The van der Waals surface area contributed by atoms with Crippen molar-refractivity contribution in [2.45, 2.75) is 0 Å². The summed E-state index contributed by atoms with van der Waals surface area (Å²) in [5.41, 5.74) is 1.88. The highest BCUT2D eigenvalue weighted by molar-refractivity contribution is 5.91. The Kier molecular flexibility index (Phi) is 3.92. The topological polar surface area (TPSA) is 61.1 Å². The van der Waals surface area contributed by atoms with Gasteiger partial charge in [-0.1, -0.05) is 24.3 Å². The molecule has 0 amide bonds. The molecule has 0 atom stereocenters. The number of halogens is 1. The standard InChI is InChI=1S/C16H10FNO2/c17-15-7-5-12(6-8-15)14(10-18)9-11-1-3-13(4-2-11)16(19)20/h1-9H,(H,19,20)/b14-9+. The fourth-order valence-electron chi connectivity index (χ4n) is 1.70. The number of nitrogens with zero attached hydrogens (tertiary/aromatic N) is 1. The van der Waals surface area contributed by atoms with E-state index in [1.54, 1.807) is 18.2 Å². The van der Waals surface area contributed by atoms with E-state index in [0.717, 1.165) is 0 Å². The molecule has 0 aliphatic heterocycles. The summed E-state index contributed by atoms with van der Waals surface area (Å²) in [6.07, 6.45) is 1.62. The van der Waals surface area contributed by atoms with Crippen LogP contribution >= 0.6 is 0 Å². The summed E-state index contributed by atoms with van der Waals surface area (Å²) >= 11 is 0. The highest BCUT2D eigenvalue weighted by Gasteiger charge is 2.03. The molecule has 0 aromatic heterocycles. The second-order valence-corrected chi connectivity index (χ2v) is 4.10. The summed E-state index contributed by atoms with van der Waals surface area (Å²) in [4.78, 5) is 10.7. The van der Waals surface area contributed by atoms with Crippen molar-refractivity contribution in [3.05, 3.63) is 71.0 Å². The number of hydrogen-bond donors (Lipinski definition) is 1. The highest BCUT2D eigenvalue weighted by Crippen LogP contribution is 2.18. The van der Waals surface area contributed by atoms with Crippen LogP contribution in [0, 0.1) is 17.1 Å². The van der Waals surface area contributed by atoms with Crippen LogP contribution in [-0.4, -0.2) is 11.1 Å². The average Bonchev–Trinajstić information content (AvgIpc) is 2.46. The lowest BCUT2D eigenvalue weighted by molar-refractivity contribution is 0.0697. The van der Waals surface area contributed by atoms with E-state index in [1.807, 2.05) is 6.07 Å². The van der Waals surface area contributed by atoms with Gasteiger partial charge in [0.25, 0.3) is 0 Å². The molecule has 1 N–H and O–H groups in total. The summed E-state index contributed by atoms with van der Waals surface area (Å²) in [7, 11) is 0. The van der Waals surface area contributed by atoms with E-state index < -0.39 is 5.97 Å². The number of hydrogen-bond acceptors (Lipinski definition) is 2. The van der Waals surface area contributed by atoms with Crippen molar-refractivity contribution in [3.8, 4) is 6.07 Å². The van der Waals surface area contributed by atoms with Crippen LogP contribution in [0.15, 0.2) is 48.5 Å². The van der Waals surface area contributed by atoms with E-state index in [9.17, 15) is 9.18 Å². The SMILES string of the molecule is N#C/C(=C\c1ccc(C(=O)O)cc1)c1ccc(F)cc1. The fraction of sp³-hybridized carbons (Fsp3) is 0. The molecule has 4 heteroatoms. The van der Waals surface area contributed by atoms with Gasteiger partial charge >= 0.3 is 5.97 Å². The van der Waals surface area contributed by atoms with Crippen molar-refractivity contribution < 1.29 is 14.3 Å². The molecule has 20 heavy (non-hydrogen) atoms. The molecule has 3 nitrogen and oxygen atoms in total. The van der Waals surface area contributed by atoms with Crippen LogP contribution in [0.4, 0.5) is 4.39 Å². The zero-order chi connectivity index (χ0) is 14.5. The Labute approximate surface area is 115 Å². The zero-order valence-electron chi connectivity index (χ0n) is 10.4. The monoisotopic (exact) mass is 267 g/mol. The molecule has 98 valence electrons. The quantitative estimate of drug-likeness (QED) is 0.682. The number of carboxylic acids is 1. The molecule has 0 radical (unpaired) electrons. The minimum atomic E-state index is -1.00. The van der Waals surface area contributed by atoms with Crippen LogP contribution < -0.4 is 0 Å². The van der Waals surface area contributed by atoms with E-state index in [-0.39, 0.29) is 11.4 Å². The molecule has 2 aromatic carbocycles. The summed E-state index contributed by atoms with van der Waals surface area (Å²) in [5, 5.41) is 18.0. The molecule has 0 aliphatic carbocycles. The van der Waals surface area contributed by atoms with Crippen molar-refractivity contribution in [2.75, 3.05) is 0 Å². The third-order valence-electron chi connectivity index (χ3n) is 2.74. The number of carbonyl (C=O) groups is 1. The Bertz CT molecular complexity index is 695. The smallest absolute Gasteiger partial charge is 0.335 e. The Morgan fingerprint density at radius 3 is 2.10 bits per heavy atom. The molecule has 0 saturated carbocycles. The Morgan fingerprint density at radius 2 is 1.60 bits per heavy atom. The average molecular weight is 267 g/mol. The van der Waals surface area contributed by atoms with Gasteiger partial charge in [0.15, 0.2) is 0 Å². The normalized spacial score (nSPS) is 10.9. The molecule has 0 aliphatic rings. The summed E-state index contributed by atoms with van der Waals surface area (Å²) in [6.45, 7) is 0. The first kappa shape index (κ1) is 13.5. The third-order valence-corrected chi connectivity index (χ3v) is 2.74. The lowest BCUT2D eigenvalue weighted by Crippen LogP contribution is -1.94. The number of allylic oxidation sites excluding steroid dienone is 1. The number of nitriles is 1. The second-order valence-electron chi connectivity index (χ2n) is 4.10. The molecule has 0 fully saturated rings. The third kappa shape index (κ3) is 3.09. The van der Waals surface area contributed by atoms with Gasteiger partial charge in [-0.2, -0.15) is 5.26 Å². The Balaban J connectivity index is 2.34. The van der Waals surface area contributed by atoms with Gasteiger partial charge in [0.05, 0.1) is 17.2 Å². The van der Waals surface area contributed by atoms with Gasteiger partial charge in [0, 0.05) is 0 Å². The number of rotatable bonds is 3. The summed E-state index contributed by atoms with van der Waals surface area (Å²) < 4.78 is 12.8. The molecular formula is C16H10FNO2. The van der Waals surface area contributed by atoms with Gasteiger partial charge in [-0.3, -0.25) is 0 Å². The van der Waals surface area contributed by atoms with E-state index >= 15 is 0 Å². The second kappa shape index (κ2) is 5.81. The van der Waals surface area contributed by atoms with Gasteiger partial charge in [0.1, 0.15) is 5.82 Å². The Morgan fingerprint density at radius 1 is 1.05 bits per heavy atom. The van der Waals surface area contributed by atoms with Gasteiger partial charge in [-0.25, -0.2) is 9.18 Å². The van der Waals surface area contributed by atoms with Crippen LogP contribution in [0.2, 0.25) is 0 Å². The molecule has 0 bridgehead atoms. The van der Waals surface area contributed by atoms with Crippen molar-refractivity contribution in [1.82, 2.24) is 0 Å². The van der Waals surface area contributed by atoms with E-state index in [0.29, 0.717) is 16.7 Å². The number of benzene rings is 2. The Hall–Kier alpha value is -2.93. The van der Waals surface area contributed by atoms with Gasteiger partial charge in [-0.15, -0.1) is 0 Å². The maximum Gasteiger partial charge on any atom is 0.335 e. The van der Waals surface area contributed by atoms with Crippen LogP contribution in [0.5, 0.6) is 0 Å². The lowest BCUT2D eigenvalue weighted by atomic mass is 10.0. The van der Waals surface area contributed by atoms with E-state index in [2.05, 4.69) is 0 Å². The summed E-state index contributed by atoms with van der Waals surface area (Å²) in [6, 6.07) is 13.8. The molecule has 0 unspecified atom stereocenters. The van der Waals surface area contributed by atoms with E-state index in [4.69, 9.17) is 10.4 Å². The molecule has 0 saturated heterocycles. The van der Waals surface area contributed by atoms with Crippen molar-refractivity contribution in [3.63, 3.8) is 0 Å². The van der Waals surface area contributed by atoms with Gasteiger partial charge < -0.3 is 5.11 Å². The molecule has 0 heterocycles. The molecule has 2 rings (SSSR count). The lowest BCUT2D eigenvalue weighted by Gasteiger charge is -2.00. The predicted molar refractivity (Wildman–Crippen MR) is 73.3 cm³/mol. The van der Waals surface area contributed by atoms with Crippen molar-refractivity contribution >= 4 is 17.6 Å². The minimum Gasteiger partial charge on any atom is -0.478 e. The van der Waals surface area contributed by atoms with Crippen LogP contribution in [0.25, 0.3) is 11.6 Å². The highest BCUT2D eigenvalue weighted by atomic mass is 19.1. The van der Waals surface area contributed by atoms with Crippen LogP contribution in [0.1, 0.15) is 21.5 Å². The largest absolute Gasteiger partial charge is 0.478 e. The van der Waals surface area contributed by atoms with Crippen molar-refractivity contribution in [1.29, 1.82) is 5.26 Å². The molecular weight excluding hydrogens is 257 g/mol. The van der Waals surface area contributed by atoms with Gasteiger partial charge in [-0.05, 0) is 41.5 Å². The minimum absolute atomic E-state index is 0.183. The maximum atomic E-state index is 12.8.